The maximum Gasteiger partial charge on any atom is 0.161 e. The van der Waals surface area contributed by atoms with Gasteiger partial charge in [0, 0.05) is 37.0 Å². The molecule has 1 saturated carbocycles. The van der Waals surface area contributed by atoms with Gasteiger partial charge < -0.3 is 20.5 Å². The van der Waals surface area contributed by atoms with Gasteiger partial charge in [0.1, 0.15) is 5.82 Å². The van der Waals surface area contributed by atoms with E-state index in [2.05, 4.69) is 11.0 Å². The van der Waals surface area contributed by atoms with Crippen LogP contribution in [0.2, 0.25) is 0 Å². The van der Waals surface area contributed by atoms with Gasteiger partial charge in [-0.3, -0.25) is 0 Å². The number of aromatic nitrogens is 2. The van der Waals surface area contributed by atoms with Gasteiger partial charge in [-0.15, -0.1) is 11.8 Å². The molecule has 1 aromatic heterocycles. The van der Waals surface area contributed by atoms with E-state index in [-0.39, 0.29) is 11.4 Å². The van der Waals surface area contributed by atoms with Crippen molar-refractivity contribution in [3.63, 3.8) is 0 Å². The summed E-state index contributed by atoms with van der Waals surface area (Å²) in [4.78, 5) is 12.2. The van der Waals surface area contributed by atoms with Crippen LogP contribution >= 0.6 is 11.8 Å². The minimum Gasteiger partial charge on any atom is -0.399 e. The zero-order valence-electron chi connectivity index (χ0n) is 16.1. The van der Waals surface area contributed by atoms with Gasteiger partial charge >= 0.3 is 0 Å². The standard InChI is InChI=1S/C21H28N4O2S/c22-17-5-3-16(4-6-17)20-23-18(21(7-1-8-21)28-14-2-11-26)15-19(24-20)25-9-12-27-13-10-25/h3-6,15,26H,1-2,7-14,22H2. The van der Waals surface area contributed by atoms with Crippen LogP contribution in [0.4, 0.5) is 11.5 Å². The molecule has 0 bridgehead atoms. The van der Waals surface area contributed by atoms with E-state index in [4.69, 9.17) is 20.4 Å². The van der Waals surface area contributed by atoms with Gasteiger partial charge in [0.25, 0.3) is 0 Å². The lowest BCUT2D eigenvalue weighted by molar-refractivity contribution is 0.122. The monoisotopic (exact) mass is 400 g/mol. The summed E-state index contributed by atoms with van der Waals surface area (Å²) in [5, 5.41) is 9.19. The molecular weight excluding hydrogens is 372 g/mol. The van der Waals surface area contributed by atoms with Crippen LogP contribution in [0.5, 0.6) is 0 Å². The number of aliphatic hydroxyl groups is 1. The first-order valence-corrected chi connectivity index (χ1v) is 11.0. The van der Waals surface area contributed by atoms with Crippen LogP contribution < -0.4 is 10.6 Å². The lowest BCUT2D eigenvalue weighted by Crippen LogP contribution is -2.38. The molecule has 1 saturated heterocycles. The first kappa shape index (κ1) is 19.5. The molecule has 1 aliphatic carbocycles. The van der Waals surface area contributed by atoms with E-state index in [1.807, 2.05) is 36.0 Å². The third-order valence-electron chi connectivity index (χ3n) is 5.53. The molecule has 6 nitrogen and oxygen atoms in total. The van der Waals surface area contributed by atoms with Crippen molar-refractivity contribution in [1.29, 1.82) is 0 Å². The summed E-state index contributed by atoms with van der Waals surface area (Å²) < 4.78 is 5.56. The number of ether oxygens (including phenoxy) is 1. The average molecular weight is 401 g/mol. The van der Waals surface area contributed by atoms with Crippen molar-refractivity contribution in [3.8, 4) is 11.4 Å². The Hall–Kier alpha value is -1.83. The Bertz CT molecular complexity index is 789. The normalized spacial score (nSPS) is 18.7. The Morgan fingerprint density at radius 1 is 1.14 bits per heavy atom. The number of hydrogen-bond acceptors (Lipinski definition) is 7. The Morgan fingerprint density at radius 3 is 2.54 bits per heavy atom. The quantitative estimate of drug-likeness (QED) is 0.546. The minimum atomic E-state index is 0.0434. The number of benzene rings is 1. The average Bonchev–Trinajstić information content (AvgIpc) is 2.71. The Morgan fingerprint density at radius 2 is 1.89 bits per heavy atom. The van der Waals surface area contributed by atoms with Crippen LogP contribution in [0.1, 0.15) is 31.4 Å². The second-order valence-electron chi connectivity index (χ2n) is 7.43. The van der Waals surface area contributed by atoms with E-state index in [1.54, 1.807) is 0 Å². The molecule has 150 valence electrons. The Labute approximate surface area is 170 Å². The van der Waals surface area contributed by atoms with E-state index < -0.39 is 0 Å². The fourth-order valence-corrected chi connectivity index (χ4v) is 5.18. The number of nitrogen functional groups attached to an aromatic ring is 1. The highest BCUT2D eigenvalue weighted by Crippen LogP contribution is 2.52. The van der Waals surface area contributed by atoms with Gasteiger partial charge in [0.15, 0.2) is 5.82 Å². The summed E-state index contributed by atoms with van der Waals surface area (Å²) in [6.07, 6.45) is 4.30. The fourth-order valence-electron chi connectivity index (χ4n) is 3.69. The molecule has 0 radical (unpaired) electrons. The van der Waals surface area contributed by atoms with Gasteiger partial charge in [0.05, 0.1) is 23.7 Å². The van der Waals surface area contributed by atoms with Gasteiger partial charge in [-0.2, -0.15) is 0 Å². The molecule has 1 aromatic carbocycles. The second kappa shape index (κ2) is 8.68. The van der Waals surface area contributed by atoms with Crippen LogP contribution in [0.25, 0.3) is 11.4 Å². The molecule has 7 heteroatoms. The van der Waals surface area contributed by atoms with Crippen LogP contribution in [0.15, 0.2) is 30.3 Å². The summed E-state index contributed by atoms with van der Waals surface area (Å²) in [5.74, 6) is 2.69. The molecule has 0 atom stereocenters. The highest BCUT2D eigenvalue weighted by Gasteiger charge is 2.41. The smallest absolute Gasteiger partial charge is 0.161 e. The van der Waals surface area contributed by atoms with Crippen molar-refractivity contribution >= 4 is 23.3 Å². The summed E-state index contributed by atoms with van der Waals surface area (Å²) >= 11 is 1.94. The van der Waals surface area contributed by atoms with Crippen LogP contribution in [0.3, 0.4) is 0 Å². The number of rotatable bonds is 7. The molecule has 28 heavy (non-hydrogen) atoms. The predicted octanol–water partition coefficient (Wildman–Crippen LogP) is 3.06. The number of thioether (sulfide) groups is 1. The topological polar surface area (TPSA) is 84.5 Å². The molecule has 2 heterocycles. The molecule has 0 unspecified atom stereocenters. The van der Waals surface area contributed by atoms with Gasteiger partial charge in [-0.1, -0.05) is 0 Å². The van der Waals surface area contributed by atoms with E-state index in [0.29, 0.717) is 0 Å². The van der Waals surface area contributed by atoms with Crippen molar-refractivity contribution in [2.45, 2.75) is 30.4 Å². The Kier molecular flexibility index (Phi) is 6.04. The molecule has 2 aliphatic rings. The van der Waals surface area contributed by atoms with Crippen LogP contribution in [-0.4, -0.2) is 53.7 Å². The summed E-state index contributed by atoms with van der Waals surface area (Å²) in [5.41, 5.74) is 8.70. The molecule has 0 spiro atoms. The molecule has 1 aliphatic heterocycles. The maximum atomic E-state index is 9.19. The second-order valence-corrected chi connectivity index (χ2v) is 8.91. The fraction of sp³-hybridized carbons (Fsp3) is 0.524. The number of morpholine rings is 1. The predicted molar refractivity (Wildman–Crippen MR) is 115 cm³/mol. The van der Waals surface area contributed by atoms with E-state index in [0.717, 1.165) is 79.9 Å². The van der Waals surface area contributed by atoms with Crippen molar-refractivity contribution < 1.29 is 9.84 Å². The zero-order chi connectivity index (χ0) is 19.4. The molecule has 0 amide bonds. The van der Waals surface area contributed by atoms with Crippen LogP contribution in [0, 0.1) is 0 Å². The lowest BCUT2D eigenvalue weighted by atomic mass is 9.81. The number of aliphatic hydroxyl groups excluding tert-OH is 1. The van der Waals surface area contributed by atoms with Gasteiger partial charge in [-0.05, 0) is 55.7 Å². The molecule has 3 N–H and O–H groups in total. The highest BCUT2D eigenvalue weighted by molar-refractivity contribution is 8.00. The number of hydrogen-bond donors (Lipinski definition) is 2. The SMILES string of the molecule is Nc1ccc(-c2nc(N3CCOCC3)cc(C3(SCCCO)CCC3)n2)cc1. The first-order valence-electron chi connectivity index (χ1n) is 10.0. The zero-order valence-corrected chi connectivity index (χ0v) is 17.0. The number of anilines is 2. The molecule has 2 fully saturated rings. The van der Waals surface area contributed by atoms with E-state index >= 15 is 0 Å². The van der Waals surface area contributed by atoms with E-state index in [1.165, 1.54) is 6.42 Å². The maximum absolute atomic E-state index is 9.19. The highest BCUT2D eigenvalue weighted by atomic mass is 32.2. The molecular formula is C21H28N4O2S. The number of nitrogens with two attached hydrogens (primary N) is 1. The number of nitrogens with zero attached hydrogens (tertiary/aromatic N) is 3. The molecule has 4 rings (SSSR count). The largest absolute Gasteiger partial charge is 0.399 e. The minimum absolute atomic E-state index is 0.0434. The Balaban J connectivity index is 1.71. The van der Waals surface area contributed by atoms with Crippen molar-refractivity contribution in [1.82, 2.24) is 9.97 Å². The van der Waals surface area contributed by atoms with Crippen molar-refractivity contribution in [2.75, 3.05) is 49.3 Å². The third-order valence-corrected chi connectivity index (χ3v) is 7.19. The summed E-state index contributed by atoms with van der Waals surface area (Å²) in [6, 6.07) is 9.95. The molecule has 2 aromatic rings. The third kappa shape index (κ3) is 4.11. The first-order chi connectivity index (χ1) is 13.7. The van der Waals surface area contributed by atoms with Gasteiger partial charge in [0.2, 0.25) is 0 Å². The van der Waals surface area contributed by atoms with E-state index in [9.17, 15) is 5.11 Å². The van der Waals surface area contributed by atoms with Gasteiger partial charge in [-0.25, -0.2) is 9.97 Å². The van der Waals surface area contributed by atoms with Crippen LogP contribution in [-0.2, 0) is 9.48 Å². The summed E-state index contributed by atoms with van der Waals surface area (Å²) in [6.45, 7) is 3.40. The lowest BCUT2D eigenvalue weighted by Gasteiger charge is -2.41. The van der Waals surface area contributed by atoms with Crippen molar-refractivity contribution in [3.05, 3.63) is 36.0 Å². The summed E-state index contributed by atoms with van der Waals surface area (Å²) in [7, 11) is 0. The van der Waals surface area contributed by atoms with Crippen molar-refractivity contribution in [2.24, 2.45) is 0 Å².